The van der Waals surface area contributed by atoms with Crippen LogP contribution in [0.15, 0.2) is 36.7 Å². The van der Waals surface area contributed by atoms with Crippen molar-refractivity contribution in [3.8, 4) is 11.1 Å². The predicted octanol–water partition coefficient (Wildman–Crippen LogP) is 1.96. The van der Waals surface area contributed by atoms with E-state index < -0.39 is 0 Å². The molecule has 0 saturated carbocycles. The van der Waals surface area contributed by atoms with Crippen molar-refractivity contribution < 1.29 is 9.59 Å². The van der Waals surface area contributed by atoms with Crippen LogP contribution < -0.4 is 0 Å². The van der Waals surface area contributed by atoms with Gasteiger partial charge in [0, 0.05) is 69.1 Å². The number of carbonyl (C=O) groups excluding carboxylic acids is 2. The molecule has 27 heavy (non-hydrogen) atoms. The molecular weight excluding hydrogens is 342 g/mol. The first-order valence-electron chi connectivity index (χ1n) is 8.88. The molecule has 138 valence electrons. The number of fused-ring (bicyclic) bond motifs is 1. The third-order valence-electron chi connectivity index (χ3n) is 5.09. The van der Waals surface area contributed by atoms with Gasteiger partial charge in [0.05, 0.1) is 6.20 Å². The average molecular weight is 363 g/mol. The van der Waals surface area contributed by atoms with E-state index in [0.717, 1.165) is 22.4 Å². The zero-order chi connectivity index (χ0) is 19.1. The molecule has 3 aromatic rings. The van der Waals surface area contributed by atoms with E-state index in [2.05, 4.69) is 10.2 Å². The summed E-state index contributed by atoms with van der Waals surface area (Å²) in [5.41, 5.74) is 4.92. The molecule has 0 atom stereocenters. The number of hydrogen-bond acceptors (Lipinski definition) is 4. The van der Waals surface area contributed by atoms with Crippen LogP contribution in [0.3, 0.4) is 0 Å². The number of amides is 1. The minimum Gasteiger partial charge on any atom is -0.338 e. The van der Waals surface area contributed by atoms with Crippen molar-refractivity contribution in [2.75, 3.05) is 6.54 Å². The standard InChI is InChI=1S/C20H21N5O2/c1-13(26)25-9-8-18-17(12-25)19(22-24(18)3)20(27)15-6-4-14(5-7-15)16-10-21-23(2)11-16/h4-7,10-11H,8-9,12H2,1-3H3. The summed E-state index contributed by atoms with van der Waals surface area (Å²) in [6.45, 7) is 2.66. The van der Waals surface area contributed by atoms with Gasteiger partial charge in [0.15, 0.2) is 0 Å². The van der Waals surface area contributed by atoms with E-state index in [1.54, 1.807) is 27.4 Å². The third kappa shape index (κ3) is 3.05. The fourth-order valence-corrected chi connectivity index (χ4v) is 3.56. The van der Waals surface area contributed by atoms with Crippen molar-refractivity contribution in [3.63, 3.8) is 0 Å². The first-order chi connectivity index (χ1) is 12.9. The molecule has 0 bridgehead atoms. The van der Waals surface area contributed by atoms with Crippen LogP contribution in [0, 0.1) is 0 Å². The Balaban J connectivity index is 1.65. The molecule has 0 radical (unpaired) electrons. The van der Waals surface area contributed by atoms with E-state index in [-0.39, 0.29) is 11.7 Å². The van der Waals surface area contributed by atoms with Gasteiger partial charge in [-0.05, 0) is 5.56 Å². The van der Waals surface area contributed by atoms with Gasteiger partial charge in [-0.1, -0.05) is 24.3 Å². The predicted molar refractivity (Wildman–Crippen MR) is 100 cm³/mol. The molecule has 2 aromatic heterocycles. The van der Waals surface area contributed by atoms with E-state index in [9.17, 15) is 9.59 Å². The SMILES string of the molecule is CC(=O)N1CCc2c(c(C(=O)c3ccc(-c4cnn(C)c4)cc3)nn2C)C1. The van der Waals surface area contributed by atoms with Gasteiger partial charge in [0.25, 0.3) is 0 Å². The molecule has 1 amide bonds. The molecule has 7 nitrogen and oxygen atoms in total. The Morgan fingerprint density at radius 1 is 1.07 bits per heavy atom. The number of aryl methyl sites for hydroxylation is 2. The number of aromatic nitrogens is 4. The number of ketones is 1. The van der Waals surface area contributed by atoms with Gasteiger partial charge in [-0.15, -0.1) is 0 Å². The van der Waals surface area contributed by atoms with Gasteiger partial charge in [-0.2, -0.15) is 10.2 Å². The van der Waals surface area contributed by atoms with E-state index in [0.29, 0.717) is 30.8 Å². The van der Waals surface area contributed by atoms with Crippen molar-refractivity contribution in [2.24, 2.45) is 14.1 Å². The highest BCUT2D eigenvalue weighted by atomic mass is 16.2. The molecule has 0 N–H and O–H groups in total. The highest BCUT2D eigenvalue weighted by Crippen LogP contribution is 2.25. The first kappa shape index (κ1) is 17.2. The lowest BCUT2D eigenvalue weighted by atomic mass is 9.98. The van der Waals surface area contributed by atoms with Crippen molar-refractivity contribution in [1.29, 1.82) is 0 Å². The minimum absolute atomic E-state index is 0.0173. The van der Waals surface area contributed by atoms with Crippen LogP contribution in [0.5, 0.6) is 0 Å². The van der Waals surface area contributed by atoms with Crippen LogP contribution in [-0.2, 0) is 31.9 Å². The summed E-state index contributed by atoms with van der Waals surface area (Å²) >= 11 is 0. The summed E-state index contributed by atoms with van der Waals surface area (Å²) in [5.74, 6) is -0.0984. The summed E-state index contributed by atoms with van der Waals surface area (Å²) in [4.78, 5) is 26.6. The Labute approximate surface area is 157 Å². The topological polar surface area (TPSA) is 73.0 Å². The molecule has 1 aliphatic rings. The molecule has 1 aliphatic heterocycles. The van der Waals surface area contributed by atoms with E-state index in [4.69, 9.17) is 0 Å². The second kappa shape index (κ2) is 6.50. The van der Waals surface area contributed by atoms with Crippen molar-refractivity contribution in [3.05, 3.63) is 59.2 Å². The second-order valence-electron chi connectivity index (χ2n) is 6.90. The molecule has 7 heteroatoms. The maximum Gasteiger partial charge on any atom is 0.219 e. The molecule has 3 heterocycles. The normalized spacial score (nSPS) is 13.5. The van der Waals surface area contributed by atoms with Crippen molar-refractivity contribution in [2.45, 2.75) is 19.9 Å². The Hall–Kier alpha value is -3.22. The number of rotatable bonds is 3. The van der Waals surface area contributed by atoms with E-state index in [1.165, 1.54) is 0 Å². The lowest BCUT2D eigenvalue weighted by molar-refractivity contribution is -0.129. The Morgan fingerprint density at radius 3 is 2.44 bits per heavy atom. The highest BCUT2D eigenvalue weighted by molar-refractivity contribution is 6.09. The van der Waals surface area contributed by atoms with Crippen LogP contribution in [0.2, 0.25) is 0 Å². The summed E-state index contributed by atoms with van der Waals surface area (Å²) < 4.78 is 3.51. The second-order valence-corrected chi connectivity index (χ2v) is 6.90. The van der Waals surface area contributed by atoms with Gasteiger partial charge in [0.2, 0.25) is 11.7 Å². The zero-order valence-corrected chi connectivity index (χ0v) is 15.6. The van der Waals surface area contributed by atoms with Crippen molar-refractivity contribution >= 4 is 11.7 Å². The third-order valence-corrected chi connectivity index (χ3v) is 5.09. The van der Waals surface area contributed by atoms with Gasteiger partial charge in [0.1, 0.15) is 5.69 Å². The van der Waals surface area contributed by atoms with Crippen LogP contribution in [0.4, 0.5) is 0 Å². The summed E-state index contributed by atoms with van der Waals surface area (Å²) in [7, 11) is 3.72. The molecule has 0 fully saturated rings. The Kier molecular flexibility index (Phi) is 4.14. The average Bonchev–Trinajstić information content (AvgIpc) is 3.24. The maximum atomic E-state index is 13.1. The molecular formula is C20H21N5O2. The number of benzene rings is 1. The van der Waals surface area contributed by atoms with Crippen LogP contribution in [-0.4, -0.2) is 42.7 Å². The lowest BCUT2D eigenvalue weighted by Gasteiger charge is -2.26. The Bertz CT molecular complexity index is 1030. The molecule has 0 spiro atoms. The molecule has 0 unspecified atom stereocenters. The van der Waals surface area contributed by atoms with Gasteiger partial charge in [-0.25, -0.2) is 0 Å². The van der Waals surface area contributed by atoms with Crippen molar-refractivity contribution in [1.82, 2.24) is 24.5 Å². The van der Waals surface area contributed by atoms with Crippen LogP contribution in [0.25, 0.3) is 11.1 Å². The summed E-state index contributed by atoms with van der Waals surface area (Å²) in [6.07, 6.45) is 4.44. The molecule has 1 aromatic carbocycles. The Morgan fingerprint density at radius 2 is 1.81 bits per heavy atom. The van der Waals surface area contributed by atoms with Gasteiger partial charge in [-0.3, -0.25) is 19.0 Å². The van der Waals surface area contributed by atoms with E-state index >= 15 is 0 Å². The quantitative estimate of drug-likeness (QED) is 0.667. The monoisotopic (exact) mass is 363 g/mol. The van der Waals surface area contributed by atoms with E-state index in [1.807, 2.05) is 44.6 Å². The lowest BCUT2D eigenvalue weighted by Crippen LogP contribution is -2.35. The molecule has 4 rings (SSSR count). The first-order valence-corrected chi connectivity index (χ1v) is 8.88. The largest absolute Gasteiger partial charge is 0.338 e. The smallest absolute Gasteiger partial charge is 0.219 e. The summed E-state index contributed by atoms with van der Waals surface area (Å²) in [5, 5.41) is 8.64. The molecule has 0 aliphatic carbocycles. The van der Waals surface area contributed by atoms with Gasteiger partial charge < -0.3 is 4.90 Å². The maximum absolute atomic E-state index is 13.1. The fraction of sp³-hybridized carbons (Fsp3) is 0.300. The van der Waals surface area contributed by atoms with Gasteiger partial charge >= 0.3 is 0 Å². The number of carbonyl (C=O) groups is 2. The number of hydrogen-bond donors (Lipinski definition) is 0. The van der Waals surface area contributed by atoms with Crippen LogP contribution in [0.1, 0.15) is 34.2 Å². The fourth-order valence-electron chi connectivity index (χ4n) is 3.56. The number of nitrogens with zero attached hydrogens (tertiary/aromatic N) is 5. The van der Waals surface area contributed by atoms with Crippen LogP contribution >= 0.6 is 0 Å². The summed E-state index contributed by atoms with van der Waals surface area (Å²) in [6, 6.07) is 7.47. The highest BCUT2D eigenvalue weighted by Gasteiger charge is 2.28. The minimum atomic E-state index is -0.116. The molecule has 0 saturated heterocycles. The zero-order valence-electron chi connectivity index (χ0n) is 15.6.